The SMILES string of the molecule is O=C(Nc1cccc(NC(=O)C2CC2)c1)NC1CC1. The van der Waals surface area contributed by atoms with Crippen LogP contribution < -0.4 is 16.0 Å². The maximum atomic E-state index is 11.7. The third kappa shape index (κ3) is 3.47. The molecule has 0 atom stereocenters. The number of nitrogens with one attached hydrogen (secondary N) is 3. The van der Waals surface area contributed by atoms with Crippen molar-refractivity contribution in [1.29, 1.82) is 0 Å². The van der Waals surface area contributed by atoms with E-state index in [-0.39, 0.29) is 17.9 Å². The second kappa shape index (κ2) is 4.91. The summed E-state index contributed by atoms with van der Waals surface area (Å²) in [7, 11) is 0. The second-order valence-corrected chi connectivity index (χ2v) is 5.22. The van der Waals surface area contributed by atoms with Crippen LogP contribution in [0.15, 0.2) is 24.3 Å². The highest BCUT2D eigenvalue weighted by atomic mass is 16.2. The number of carbonyl (C=O) groups is 2. The average molecular weight is 259 g/mol. The van der Waals surface area contributed by atoms with E-state index in [1.165, 1.54) is 0 Å². The minimum Gasteiger partial charge on any atom is -0.335 e. The standard InChI is InChI=1S/C14H17N3O2/c18-13(9-4-5-9)15-11-2-1-3-12(8-11)17-14(19)16-10-6-7-10/h1-3,8-10H,4-7H2,(H,15,18)(H2,16,17,19). The molecule has 100 valence electrons. The van der Waals surface area contributed by atoms with E-state index in [9.17, 15) is 9.59 Å². The van der Waals surface area contributed by atoms with E-state index in [0.717, 1.165) is 31.4 Å². The molecule has 19 heavy (non-hydrogen) atoms. The van der Waals surface area contributed by atoms with Gasteiger partial charge in [-0.05, 0) is 43.9 Å². The van der Waals surface area contributed by atoms with Gasteiger partial charge in [-0.1, -0.05) is 6.07 Å². The molecule has 0 saturated heterocycles. The van der Waals surface area contributed by atoms with Crippen LogP contribution in [0.3, 0.4) is 0 Å². The van der Waals surface area contributed by atoms with Crippen molar-refractivity contribution in [1.82, 2.24) is 5.32 Å². The summed E-state index contributed by atoms with van der Waals surface area (Å²) in [4.78, 5) is 23.3. The lowest BCUT2D eigenvalue weighted by molar-refractivity contribution is -0.117. The second-order valence-electron chi connectivity index (χ2n) is 5.22. The molecule has 0 unspecified atom stereocenters. The van der Waals surface area contributed by atoms with Crippen LogP contribution in [0.2, 0.25) is 0 Å². The average Bonchev–Trinajstić information content (AvgIpc) is 3.24. The summed E-state index contributed by atoms with van der Waals surface area (Å²) in [5.41, 5.74) is 1.41. The molecule has 3 N–H and O–H groups in total. The fourth-order valence-corrected chi connectivity index (χ4v) is 1.84. The van der Waals surface area contributed by atoms with Crippen LogP contribution in [-0.2, 0) is 4.79 Å². The van der Waals surface area contributed by atoms with Crippen molar-refractivity contribution in [3.8, 4) is 0 Å². The van der Waals surface area contributed by atoms with Crippen LogP contribution in [0.5, 0.6) is 0 Å². The molecule has 2 aliphatic carbocycles. The molecule has 3 amide bonds. The highest BCUT2D eigenvalue weighted by molar-refractivity contribution is 5.95. The molecule has 3 rings (SSSR count). The third-order valence-corrected chi connectivity index (χ3v) is 3.25. The molecular formula is C14H17N3O2. The number of hydrogen-bond donors (Lipinski definition) is 3. The number of amides is 3. The van der Waals surface area contributed by atoms with Crippen LogP contribution in [0.25, 0.3) is 0 Å². The summed E-state index contributed by atoms with van der Waals surface area (Å²) < 4.78 is 0. The Hall–Kier alpha value is -2.04. The van der Waals surface area contributed by atoms with Crippen molar-refractivity contribution in [2.45, 2.75) is 31.7 Å². The summed E-state index contributed by atoms with van der Waals surface area (Å²) in [5.74, 6) is 0.245. The van der Waals surface area contributed by atoms with Gasteiger partial charge in [0.05, 0.1) is 0 Å². The van der Waals surface area contributed by atoms with Crippen molar-refractivity contribution in [3.63, 3.8) is 0 Å². The zero-order chi connectivity index (χ0) is 13.2. The quantitative estimate of drug-likeness (QED) is 0.776. The van der Waals surface area contributed by atoms with Gasteiger partial charge < -0.3 is 16.0 Å². The van der Waals surface area contributed by atoms with Gasteiger partial charge >= 0.3 is 6.03 Å². The molecule has 0 aliphatic heterocycles. The Morgan fingerprint density at radius 2 is 1.68 bits per heavy atom. The summed E-state index contributed by atoms with van der Waals surface area (Å²) in [6, 6.07) is 7.36. The van der Waals surface area contributed by atoms with Crippen LogP contribution in [0, 0.1) is 5.92 Å². The molecule has 1 aromatic rings. The molecule has 5 heteroatoms. The van der Waals surface area contributed by atoms with E-state index < -0.39 is 0 Å². The van der Waals surface area contributed by atoms with Gasteiger partial charge in [-0.3, -0.25) is 4.79 Å². The Bertz CT molecular complexity index is 507. The highest BCUT2D eigenvalue weighted by Crippen LogP contribution is 2.30. The van der Waals surface area contributed by atoms with Gasteiger partial charge in [0.15, 0.2) is 0 Å². The lowest BCUT2D eigenvalue weighted by Crippen LogP contribution is -2.30. The summed E-state index contributed by atoms with van der Waals surface area (Å²) in [6.07, 6.45) is 4.08. The first-order valence-electron chi connectivity index (χ1n) is 6.69. The molecule has 2 saturated carbocycles. The molecule has 1 aromatic carbocycles. The lowest BCUT2D eigenvalue weighted by atomic mass is 10.2. The van der Waals surface area contributed by atoms with Gasteiger partial charge in [0.1, 0.15) is 0 Å². The molecule has 2 fully saturated rings. The normalized spacial score (nSPS) is 17.7. The third-order valence-electron chi connectivity index (χ3n) is 3.25. The van der Waals surface area contributed by atoms with Crippen molar-refractivity contribution in [2.24, 2.45) is 5.92 Å². The Morgan fingerprint density at radius 1 is 1.00 bits per heavy atom. The van der Waals surface area contributed by atoms with Crippen molar-refractivity contribution in [2.75, 3.05) is 10.6 Å². The van der Waals surface area contributed by atoms with Crippen LogP contribution in [-0.4, -0.2) is 18.0 Å². The zero-order valence-electron chi connectivity index (χ0n) is 10.6. The minimum atomic E-state index is -0.187. The molecule has 5 nitrogen and oxygen atoms in total. The largest absolute Gasteiger partial charge is 0.335 e. The van der Waals surface area contributed by atoms with E-state index in [2.05, 4.69) is 16.0 Å². The van der Waals surface area contributed by atoms with E-state index in [0.29, 0.717) is 11.7 Å². The maximum absolute atomic E-state index is 11.7. The Morgan fingerprint density at radius 3 is 2.32 bits per heavy atom. The number of hydrogen-bond acceptors (Lipinski definition) is 2. The molecule has 2 aliphatic rings. The summed E-state index contributed by atoms with van der Waals surface area (Å²) in [6.45, 7) is 0. The number of benzene rings is 1. The number of rotatable bonds is 4. The predicted octanol–water partition coefficient (Wildman–Crippen LogP) is 2.32. The van der Waals surface area contributed by atoms with E-state index >= 15 is 0 Å². The zero-order valence-corrected chi connectivity index (χ0v) is 10.6. The van der Waals surface area contributed by atoms with Crippen LogP contribution in [0.1, 0.15) is 25.7 Å². The van der Waals surface area contributed by atoms with Crippen molar-refractivity contribution in [3.05, 3.63) is 24.3 Å². The first-order valence-corrected chi connectivity index (χ1v) is 6.69. The Labute approximate surface area is 111 Å². The molecular weight excluding hydrogens is 242 g/mol. The monoisotopic (exact) mass is 259 g/mol. The molecule has 0 bridgehead atoms. The van der Waals surface area contributed by atoms with E-state index in [1.54, 1.807) is 12.1 Å². The van der Waals surface area contributed by atoms with Gasteiger partial charge in [0.2, 0.25) is 5.91 Å². The van der Waals surface area contributed by atoms with Gasteiger partial charge in [-0.25, -0.2) is 4.79 Å². The van der Waals surface area contributed by atoms with Gasteiger partial charge in [0.25, 0.3) is 0 Å². The van der Waals surface area contributed by atoms with E-state index in [4.69, 9.17) is 0 Å². The first-order chi connectivity index (χ1) is 9.20. The lowest BCUT2D eigenvalue weighted by Gasteiger charge is -2.09. The Kier molecular flexibility index (Phi) is 3.11. The Balaban J connectivity index is 1.58. The smallest absolute Gasteiger partial charge is 0.319 e. The number of anilines is 2. The molecule has 0 radical (unpaired) electrons. The van der Waals surface area contributed by atoms with Crippen LogP contribution >= 0.6 is 0 Å². The number of urea groups is 1. The molecule has 0 aromatic heterocycles. The van der Waals surface area contributed by atoms with Gasteiger partial charge in [-0.15, -0.1) is 0 Å². The van der Waals surface area contributed by atoms with Crippen molar-refractivity contribution >= 4 is 23.3 Å². The van der Waals surface area contributed by atoms with E-state index in [1.807, 2.05) is 12.1 Å². The molecule has 0 spiro atoms. The number of carbonyl (C=O) groups excluding carboxylic acids is 2. The van der Waals surface area contributed by atoms with Gasteiger partial charge in [-0.2, -0.15) is 0 Å². The first kappa shape index (κ1) is 12.0. The minimum absolute atomic E-state index is 0.0691. The predicted molar refractivity (Wildman–Crippen MR) is 73.0 cm³/mol. The van der Waals surface area contributed by atoms with Gasteiger partial charge in [0, 0.05) is 23.3 Å². The summed E-state index contributed by atoms with van der Waals surface area (Å²) >= 11 is 0. The fourth-order valence-electron chi connectivity index (χ4n) is 1.84. The summed E-state index contributed by atoms with van der Waals surface area (Å²) in [5, 5.41) is 8.48. The fraction of sp³-hybridized carbons (Fsp3) is 0.429. The van der Waals surface area contributed by atoms with Crippen LogP contribution in [0.4, 0.5) is 16.2 Å². The van der Waals surface area contributed by atoms with Crippen molar-refractivity contribution < 1.29 is 9.59 Å². The topological polar surface area (TPSA) is 70.2 Å². The molecule has 0 heterocycles. The maximum Gasteiger partial charge on any atom is 0.319 e. The highest BCUT2D eigenvalue weighted by Gasteiger charge is 2.29.